The number of primary amides is 1. The molecule has 0 saturated carbocycles. The van der Waals surface area contributed by atoms with Gasteiger partial charge in [-0.3, -0.25) is 0 Å². The molecule has 0 aliphatic carbocycles. The maximum absolute atomic E-state index is 10.5. The molecule has 0 atom stereocenters. The van der Waals surface area contributed by atoms with Crippen LogP contribution in [0.15, 0.2) is 36.4 Å². The number of hydrogen-bond acceptors (Lipinski definition) is 2. The molecule has 2 aromatic carbocycles. The van der Waals surface area contributed by atoms with E-state index in [9.17, 15) is 4.79 Å². The first kappa shape index (κ1) is 11.7. The molecule has 2 N–H and O–H groups in total. The molecule has 2 rings (SSSR count). The van der Waals surface area contributed by atoms with Crippen molar-refractivity contribution in [3.63, 3.8) is 0 Å². The van der Waals surface area contributed by atoms with Crippen LogP contribution < -0.4 is 5.73 Å². The number of fused-ring (bicyclic) bond motifs is 1. The molecule has 1 amide bonds. The number of benzene rings is 2. The average Bonchev–Trinajstić information content (AvgIpc) is 2.32. The molecule has 3 nitrogen and oxygen atoms in total. The Morgan fingerprint density at radius 1 is 1.24 bits per heavy atom. The molecular weight excluding hydrogens is 238 g/mol. The number of amides is 1. The largest absolute Gasteiger partial charge is 0.449 e. The van der Waals surface area contributed by atoms with Crippen molar-refractivity contribution in [1.82, 2.24) is 0 Å². The van der Waals surface area contributed by atoms with Gasteiger partial charge in [-0.1, -0.05) is 48.0 Å². The molecule has 0 aliphatic rings. The van der Waals surface area contributed by atoms with E-state index in [1.165, 1.54) is 0 Å². The first-order valence-electron chi connectivity index (χ1n) is 5.27. The minimum Gasteiger partial charge on any atom is -0.449 e. The highest BCUT2D eigenvalue weighted by molar-refractivity contribution is 6.36. The smallest absolute Gasteiger partial charge is 0.404 e. The number of rotatable bonds is 3. The fourth-order valence-corrected chi connectivity index (χ4v) is 2.06. The van der Waals surface area contributed by atoms with E-state index < -0.39 is 6.09 Å². The Morgan fingerprint density at radius 2 is 2.00 bits per heavy atom. The van der Waals surface area contributed by atoms with Crippen molar-refractivity contribution in [2.45, 2.75) is 6.42 Å². The molecular formula is C13H12ClNO2. The third-order valence-electron chi connectivity index (χ3n) is 2.56. The second-order valence-corrected chi connectivity index (χ2v) is 4.06. The van der Waals surface area contributed by atoms with Gasteiger partial charge in [-0.15, -0.1) is 0 Å². The van der Waals surface area contributed by atoms with E-state index in [2.05, 4.69) is 0 Å². The lowest BCUT2D eigenvalue weighted by Crippen LogP contribution is -2.14. The van der Waals surface area contributed by atoms with Crippen LogP contribution in [0.4, 0.5) is 4.79 Å². The van der Waals surface area contributed by atoms with E-state index in [-0.39, 0.29) is 6.61 Å². The van der Waals surface area contributed by atoms with Crippen LogP contribution in [0, 0.1) is 0 Å². The highest BCUT2D eigenvalue weighted by Gasteiger charge is 2.05. The van der Waals surface area contributed by atoms with Crippen LogP contribution in [0.25, 0.3) is 10.8 Å². The van der Waals surface area contributed by atoms with Crippen LogP contribution in [0.1, 0.15) is 5.56 Å². The molecule has 0 spiro atoms. The van der Waals surface area contributed by atoms with Crippen LogP contribution in [0.3, 0.4) is 0 Å². The van der Waals surface area contributed by atoms with Crippen molar-refractivity contribution in [1.29, 1.82) is 0 Å². The van der Waals surface area contributed by atoms with Crippen molar-refractivity contribution >= 4 is 28.5 Å². The molecule has 2 aromatic rings. The molecule has 0 aromatic heterocycles. The fourth-order valence-electron chi connectivity index (χ4n) is 1.73. The standard InChI is InChI=1S/C13H12ClNO2/c14-12-10(7-8-17-13(15)16)6-5-9-3-1-2-4-11(9)12/h1-6H,7-8H2,(H2,15,16). The average molecular weight is 250 g/mol. The van der Waals surface area contributed by atoms with Crippen molar-refractivity contribution in [3.05, 3.63) is 47.0 Å². The van der Waals surface area contributed by atoms with Gasteiger partial charge in [0.2, 0.25) is 0 Å². The molecule has 4 heteroatoms. The van der Waals surface area contributed by atoms with Gasteiger partial charge in [0.1, 0.15) is 0 Å². The lowest BCUT2D eigenvalue weighted by molar-refractivity contribution is 0.158. The van der Waals surface area contributed by atoms with E-state index in [4.69, 9.17) is 22.1 Å². The summed E-state index contributed by atoms with van der Waals surface area (Å²) in [6.07, 6.45) is -0.200. The van der Waals surface area contributed by atoms with Crippen molar-refractivity contribution in [2.75, 3.05) is 6.61 Å². The molecule has 0 saturated heterocycles. The summed E-state index contributed by atoms with van der Waals surface area (Å²) in [7, 11) is 0. The van der Waals surface area contributed by atoms with Crippen molar-refractivity contribution in [2.24, 2.45) is 5.73 Å². The molecule has 0 radical (unpaired) electrons. The van der Waals surface area contributed by atoms with E-state index in [1.54, 1.807) is 0 Å². The number of nitrogens with two attached hydrogens (primary N) is 1. The summed E-state index contributed by atoms with van der Waals surface area (Å²) < 4.78 is 4.69. The SMILES string of the molecule is NC(=O)OCCc1ccc2ccccc2c1Cl. The first-order chi connectivity index (χ1) is 8.18. The maximum atomic E-state index is 10.5. The third-order valence-corrected chi connectivity index (χ3v) is 3.01. The second kappa shape index (κ2) is 5.06. The molecule has 0 bridgehead atoms. The minimum absolute atomic E-state index is 0.243. The van der Waals surface area contributed by atoms with Crippen LogP contribution >= 0.6 is 11.6 Å². The summed E-state index contributed by atoms with van der Waals surface area (Å²) in [5, 5.41) is 2.80. The normalized spacial score (nSPS) is 10.4. The molecule has 88 valence electrons. The summed E-state index contributed by atoms with van der Waals surface area (Å²) in [4.78, 5) is 10.5. The molecule has 0 aliphatic heterocycles. The molecule has 0 unspecified atom stereocenters. The molecule has 0 heterocycles. The van der Waals surface area contributed by atoms with Gasteiger partial charge in [0, 0.05) is 11.8 Å². The van der Waals surface area contributed by atoms with Crippen LogP contribution in [-0.4, -0.2) is 12.7 Å². The Bertz CT molecular complexity index is 554. The predicted octanol–water partition coefficient (Wildman–Crippen LogP) is 3.13. The van der Waals surface area contributed by atoms with Crippen molar-refractivity contribution < 1.29 is 9.53 Å². The molecule has 0 fully saturated rings. The van der Waals surface area contributed by atoms with E-state index in [1.807, 2.05) is 36.4 Å². The zero-order valence-electron chi connectivity index (χ0n) is 9.15. The van der Waals surface area contributed by atoms with Gasteiger partial charge in [-0.25, -0.2) is 4.79 Å². The minimum atomic E-state index is -0.762. The molecule has 17 heavy (non-hydrogen) atoms. The highest BCUT2D eigenvalue weighted by atomic mass is 35.5. The van der Waals surface area contributed by atoms with Gasteiger partial charge in [0.05, 0.1) is 11.6 Å². The van der Waals surface area contributed by atoms with Crippen LogP contribution in [0.5, 0.6) is 0 Å². The van der Waals surface area contributed by atoms with Gasteiger partial charge in [0.25, 0.3) is 0 Å². The van der Waals surface area contributed by atoms with Gasteiger partial charge in [-0.05, 0) is 10.9 Å². The zero-order chi connectivity index (χ0) is 12.3. The van der Waals surface area contributed by atoms with Gasteiger partial charge >= 0.3 is 6.09 Å². The van der Waals surface area contributed by atoms with Crippen molar-refractivity contribution in [3.8, 4) is 0 Å². The number of ether oxygens (including phenoxy) is 1. The van der Waals surface area contributed by atoms with Crippen LogP contribution in [0.2, 0.25) is 5.02 Å². The summed E-state index contributed by atoms with van der Waals surface area (Å²) in [6, 6.07) is 11.8. The monoisotopic (exact) mass is 249 g/mol. The Balaban J connectivity index is 2.23. The lowest BCUT2D eigenvalue weighted by atomic mass is 10.1. The number of carbonyl (C=O) groups excluding carboxylic acids is 1. The Morgan fingerprint density at radius 3 is 2.76 bits per heavy atom. The summed E-state index contributed by atoms with van der Waals surface area (Å²) in [5.41, 5.74) is 5.84. The highest BCUT2D eigenvalue weighted by Crippen LogP contribution is 2.27. The van der Waals surface area contributed by atoms with Gasteiger partial charge < -0.3 is 10.5 Å². The van der Waals surface area contributed by atoms with E-state index >= 15 is 0 Å². The van der Waals surface area contributed by atoms with E-state index in [0.717, 1.165) is 16.3 Å². The number of carbonyl (C=O) groups is 1. The second-order valence-electron chi connectivity index (χ2n) is 3.68. The quantitative estimate of drug-likeness (QED) is 0.909. The van der Waals surface area contributed by atoms with Gasteiger partial charge in [0.15, 0.2) is 0 Å². The lowest BCUT2D eigenvalue weighted by Gasteiger charge is -2.07. The zero-order valence-corrected chi connectivity index (χ0v) is 9.91. The summed E-state index contributed by atoms with van der Waals surface area (Å²) >= 11 is 6.29. The maximum Gasteiger partial charge on any atom is 0.404 e. The van der Waals surface area contributed by atoms with Crippen LogP contribution in [-0.2, 0) is 11.2 Å². The Hall–Kier alpha value is -1.74. The summed E-state index contributed by atoms with van der Waals surface area (Å²) in [6.45, 7) is 0.243. The number of hydrogen-bond donors (Lipinski definition) is 1. The summed E-state index contributed by atoms with van der Waals surface area (Å²) in [5.74, 6) is 0. The van der Waals surface area contributed by atoms with Gasteiger partial charge in [-0.2, -0.15) is 0 Å². The van der Waals surface area contributed by atoms with E-state index in [0.29, 0.717) is 11.4 Å². The Kier molecular flexibility index (Phi) is 3.49. The Labute approximate surface area is 104 Å². The fraction of sp³-hybridized carbons (Fsp3) is 0.154. The predicted molar refractivity (Wildman–Crippen MR) is 68.2 cm³/mol. The topological polar surface area (TPSA) is 52.3 Å². The first-order valence-corrected chi connectivity index (χ1v) is 5.64. The third kappa shape index (κ3) is 2.68. The number of halogens is 1.